The van der Waals surface area contributed by atoms with Gasteiger partial charge in [-0.15, -0.1) is 0 Å². The minimum Gasteiger partial charge on any atom is -0.360 e. The Morgan fingerprint density at radius 3 is 3.18 bits per heavy atom. The van der Waals surface area contributed by atoms with Crippen molar-refractivity contribution in [3.8, 4) is 0 Å². The molecule has 0 bridgehead atoms. The van der Waals surface area contributed by atoms with Crippen molar-refractivity contribution >= 4 is 17.7 Å². The summed E-state index contributed by atoms with van der Waals surface area (Å²) < 4.78 is 6.63. The molecule has 0 unspecified atom stereocenters. The maximum Gasteiger partial charge on any atom is 0.287 e. The highest BCUT2D eigenvalue weighted by Gasteiger charge is 2.12. The number of nitrogens with zero attached hydrogens (tertiary/aromatic N) is 4. The van der Waals surface area contributed by atoms with E-state index in [1.165, 1.54) is 24.2 Å². The standard InChI is InChI=1S/C8H10N6O2S/c1-14-8(10-4-11-14)17-3-5-2-6(13-16-5)7(15)12-9/h2,4H,3,9H2,1H3,(H,12,15). The van der Waals surface area contributed by atoms with Crippen LogP contribution in [0, 0.1) is 0 Å². The number of aryl methyl sites for hydroxylation is 1. The van der Waals surface area contributed by atoms with Crippen LogP contribution in [0.3, 0.4) is 0 Å². The topological polar surface area (TPSA) is 112 Å². The highest BCUT2D eigenvalue weighted by Crippen LogP contribution is 2.19. The molecule has 1 amide bonds. The van der Waals surface area contributed by atoms with Crippen molar-refractivity contribution in [3.63, 3.8) is 0 Å². The molecule has 0 aromatic carbocycles. The van der Waals surface area contributed by atoms with Crippen molar-refractivity contribution in [2.45, 2.75) is 10.9 Å². The summed E-state index contributed by atoms with van der Waals surface area (Å²) in [4.78, 5) is 15.2. The summed E-state index contributed by atoms with van der Waals surface area (Å²) >= 11 is 1.43. The summed E-state index contributed by atoms with van der Waals surface area (Å²) in [5, 5.41) is 8.28. The number of rotatable bonds is 4. The van der Waals surface area contributed by atoms with E-state index in [-0.39, 0.29) is 5.69 Å². The molecule has 0 saturated heterocycles. The van der Waals surface area contributed by atoms with Crippen LogP contribution in [-0.2, 0) is 12.8 Å². The number of nitrogens with two attached hydrogens (primary N) is 1. The number of carbonyl (C=O) groups is 1. The van der Waals surface area contributed by atoms with Crippen molar-refractivity contribution in [1.29, 1.82) is 0 Å². The van der Waals surface area contributed by atoms with Gasteiger partial charge in [0, 0.05) is 13.1 Å². The number of nitrogen functional groups attached to an aromatic ring is 1. The quantitative estimate of drug-likeness (QED) is 0.333. The Labute approximate surface area is 101 Å². The van der Waals surface area contributed by atoms with Crippen molar-refractivity contribution in [2.75, 3.05) is 0 Å². The number of aromatic nitrogens is 4. The first-order chi connectivity index (χ1) is 8.20. The zero-order chi connectivity index (χ0) is 12.3. The van der Waals surface area contributed by atoms with Gasteiger partial charge >= 0.3 is 0 Å². The fraction of sp³-hybridized carbons (Fsp3) is 0.250. The Morgan fingerprint density at radius 1 is 1.71 bits per heavy atom. The van der Waals surface area contributed by atoms with Crippen LogP contribution in [0.25, 0.3) is 0 Å². The Balaban J connectivity index is 1.98. The molecule has 0 saturated carbocycles. The molecule has 90 valence electrons. The number of hydrazine groups is 1. The van der Waals surface area contributed by atoms with Crippen LogP contribution in [0.1, 0.15) is 16.2 Å². The van der Waals surface area contributed by atoms with E-state index in [1.54, 1.807) is 11.7 Å². The lowest BCUT2D eigenvalue weighted by atomic mass is 10.4. The lowest BCUT2D eigenvalue weighted by molar-refractivity contribution is 0.0944. The highest BCUT2D eigenvalue weighted by atomic mass is 32.2. The van der Waals surface area contributed by atoms with Gasteiger partial charge in [0.1, 0.15) is 12.1 Å². The molecule has 0 fully saturated rings. The van der Waals surface area contributed by atoms with Gasteiger partial charge in [0.25, 0.3) is 5.91 Å². The average molecular weight is 254 g/mol. The lowest BCUT2D eigenvalue weighted by Crippen LogP contribution is -2.30. The summed E-state index contributed by atoms with van der Waals surface area (Å²) in [5.41, 5.74) is 2.13. The fourth-order valence-electron chi connectivity index (χ4n) is 1.11. The molecule has 0 spiro atoms. The van der Waals surface area contributed by atoms with Crippen LogP contribution in [0.15, 0.2) is 22.1 Å². The van der Waals surface area contributed by atoms with Crippen LogP contribution in [0.4, 0.5) is 0 Å². The van der Waals surface area contributed by atoms with Gasteiger partial charge in [-0.3, -0.25) is 10.2 Å². The summed E-state index contributed by atoms with van der Waals surface area (Å²) in [6.45, 7) is 0. The molecule has 0 aliphatic heterocycles. The SMILES string of the molecule is Cn1ncnc1SCc1cc(C(=O)NN)no1. The third-order valence-corrected chi connectivity index (χ3v) is 2.99. The average Bonchev–Trinajstić information content (AvgIpc) is 2.94. The van der Waals surface area contributed by atoms with E-state index < -0.39 is 5.91 Å². The molecule has 0 aliphatic rings. The molecule has 2 aromatic rings. The van der Waals surface area contributed by atoms with Crippen LogP contribution in [0.2, 0.25) is 0 Å². The van der Waals surface area contributed by atoms with E-state index in [0.717, 1.165) is 5.16 Å². The number of hydrogen-bond donors (Lipinski definition) is 2. The molecular formula is C8H10N6O2S. The number of carbonyl (C=O) groups excluding carboxylic acids is 1. The Bertz CT molecular complexity index is 522. The largest absolute Gasteiger partial charge is 0.360 e. The zero-order valence-electron chi connectivity index (χ0n) is 8.95. The number of hydrogen-bond acceptors (Lipinski definition) is 7. The monoisotopic (exact) mass is 254 g/mol. The van der Waals surface area contributed by atoms with Crippen LogP contribution >= 0.6 is 11.8 Å². The maximum absolute atomic E-state index is 11.1. The van der Waals surface area contributed by atoms with Crippen molar-refractivity contribution < 1.29 is 9.32 Å². The predicted molar refractivity (Wildman–Crippen MR) is 58.7 cm³/mol. The number of nitrogens with one attached hydrogen (secondary N) is 1. The summed E-state index contributed by atoms with van der Waals surface area (Å²) in [6.07, 6.45) is 1.47. The van der Waals surface area contributed by atoms with Crippen molar-refractivity contribution in [2.24, 2.45) is 12.9 Å². The number of thioether (sulfide) groups is 1. The lowest BCUT2D eigenvalue weighted by Gasteiger charge is -1.96. The molecule has 0 aliphatic carbocycles. The molecule has 2 aromatic heterocycles. The Hall–Kier alpha value is -1.87. The first-order valence-corrected chi connectivity index (χ1v) is 5.62. The third kappa shape index (κ3) is 2.63. The molecule has 0 atom stereocenters. The van der Waals surface area contributed by atoms with Gasteiger partial charge in [-0.25, -0.2) is 15.5 Å². The third-order valence-electron chi connectivity index (χ3n) is 1.94. The second-order valence-electron chi connectivity index (χ2n) is 3.11. The minimum absolute atomic E-state index is 0.154. The first-order valence-electron chi connectivity index (χ1n) is 4.64. The van der Waals surface area contributed by atoms with Crippen LogP contribution in [-0.4, -0.2) is 25.8 Å². The highest BCUT2D eigenvalue weighted by molar-refractivity contribution is 7.98. The van der Waals surface area contributed by atoms with Gasteiger partial charge in [-0.1, -0.05) is 16.9 Å². The molecule has 0 radical (unpaired) electrons. The van der Waals surface area contributed by atoms with Crippen LogP contribution < -0.4 is 11.3 Å². The minimum atomic E-state index is -0.483. The van der Waals surface area contributed by atoms with E-state index >= 15 is 0 Å². The number of amides is 1. The molecule has 9 heteroatoms. The molecule has 2 heterocycles. The molecule has 3 N–H and O–H groups in total. The van der Waals surface area contributed by atoms with Crippen molar-refractivity contribution in [3.05, 3.63) is 23.8 Å². The summed E-state index contributed by atoms with van der Waals surface area (Å²) in [5.74, 6) is 5.57. The normalized spacial score (nSPS) is 10.5. The first kappa shape index (κ1) is 11.6. The van der Waals surface area contributed by atoms with Gasteiger partial charge in [0.15, 0.2) is 10.9 Å². The Morgan fingerprint density at radius 2 is 2.53 bits per heavy atom. The summed E-state index contributed by atoms with van der Waals surface area (Å²) in [6, 6.07) is 1.53. The van der Waals surface area contributed by atoms with Crippen LogP contribution in [0.5, 0.6) is 0 Å². The van der Waals surface area contributed by atoms with Gasteiger partial charge in [-0.05, 0) is 0 Å². The second-order valence-corrected chi connectivity index (χ2v) is 4.05. The summed E-state index contributed by atoms with van der Waals surface area (Å²) in [7, 11) is 1.79. The zero-order valence-corrected chi connectivity index (χ0v) is 9.77. The second kappa shape index (κ2) is 4.97. The smallest absolute Gasteiger partial charge is 0.287 e. The predicted octanol–water partition coefficient (Wildman–Crippen LogP) is -0.301. The molecule has 17 heavy (non-hydrogen) atoms. The Kier molecular flexibility index (Phi) is 3.40. The van der Waals surface area contributed by atoms with Gasteiger partial charge in [0.05, 0.1) is 5.75 Å². The maximum atomic E-state index is 11.1. The van der Waals surface area contributed by atoms with E-state index in [1.807, 2.05) is 5.43 Å². The van der Waals surface area contributed by atoms with E-state index in [9.17, 15) is 4.79 Å². The van der Waals surface area contributed by atoms with Crippen molar-refractivity contribution in [1.82, 2.24) is 25.3 Å². The van der Waals surface area contributed by atoms with Gasteiger partial charge < -0.3 is 4.52 Å². The molecule has 8 nitrogen and oxygen atoms in total. The fourth-order valence-corrected chi connectivity index (χ4v) is 1.88. The van der Waals surface area contributed by atoms with E-state index in [4.69, 9.17) is 10.4 Å². The van der Waals surface area contributed by atoms with Gasteiger partial charge in [-0.2, -0.15) is 5.10 Å². The van der Waals surface area contributed by atoms with E-state index in [2.05, 4.69) is 15.2 Å². The van der Waals surface area contributed by atoms with Gasteiger partial charge in [0.2, 0.25) is 0 Å². The molecule has 2 rings (SSSR count). The van der Waals surface area contributed by atoms with E-state index in [0.29, 0.717) is 11.5 Å². The molecular weight excluding hydrogens is 244 g/mol.